The number of methoxy groups -OCH3 is 1. The first-order chi connectivity index (χ1) is 15.7. The molecule has 2 aliphatic rings. The second-order valence-corrected chi connectivity index (χ2v) is 10.1. The quantitative estimate of drug-likeness (QED) is 0.441. The van der Waals surface area contributed by atoms with Crippen LogP contribution in [0.1, 0.15) is 41.9 Å². The molecule has 4 rings (SSSR count). The van der Waals surface area contributed by atoms with Crippen LogP contribution >= 0.6 is 11.8 Å². The SMILES string of the molecule is C=CC(C)Oc1cnc(C(=O)Cc2ccc(F)c([C@@]3(C)N=C(N)S[C@@]4(COC)C[C@H]43)c2)cn1. The normalized spacial score (nSPS) is 26.7. The Morgan fingerprint density at radius 2 is 2.21 bits per heavy atom. The fourth-order valence-corrected chi connectivity index (χ4v) is 5.89. The Bertz CT molecular complexity index is 1110. The molecule has 0 radical (unpaired) electrons. The van der Waals surface area contributed by atoms with Crippen LogP contribution in [0, 0.1) is 11.7 Å². The summed E-state index contributed by atoms with van der Waals surface area (Å²) in [7, 11) is 1.65. The summed E-state index contributed by atoms with van der Waals surface area (Å²) in [6.07, 6.45) is 5.10. The topological polar surface area (TPSA) is 99.7 Å². The van der Waals surface area contributed by atoms with E-state index in [1.165, 1.54) is 30.2 Å². The minimum Gasteiger partial charge on any atom is -0.469 e. The maximum atomic E-state index is 15.0. The summed E-state index contributed by atoms with van der Waals surface area (Å²) in [5.74, 6) is -0.187. The summed E-state index contributed by atoms with van der Waals surface area (Å²) in [6, 6.07) is 4.71. The number of Topliss-reactive ketones (excluding diaryl/α,β-unsaturated/α-hetero) is 1. The van der Waals surface area contributed by atoms with Gasteiger partial charge in [-0.15, -0.1) is 0 Å². The number of halogens is 1. The number of nitrogens with two attached hydrogens (primary N) is 1. The van der Waals surface area contributed by atoms with E-state index in [2.05, 4.69) is 21.5 Å². The first-order valence-electron chi connectivity index (χ1n) is 10.7. The Morgan fingerprint density at radius 1 is 1.42 bits per heavy atom. The van der Waals surface area contributed by atoms with Crippen molar-refractivity contribution in [3.8, 4) is 5.88 Å². The lowest BCUT2D eigenvalue weighted by molar-refractivity contribution is 0.0987. The molecular weight excluding hydrogens is 443 g/mol. The molecule has 4 atom stereocenters. The number of fused-ring (bicyclic) bond motifs is 1. The molecule has 1 aliphatic heterocycles. The number of aliphatic imine (C=N–C) groups is 1. The van der Waals surface area contributed by atoms with Gasteiger partial charge in [-0.25, -0.2) is 14.4 Å². The average Bonchev–Trinajstić information content (AvgIpc) is 3.50. The molecule has 0 spiro atoms. The number of hydrogen-bond donors (Lipinski definition) is 1. The second-order valence-electron chi connectivity index (χ2n) is 8.67. The van der Waals surface area contributed by atoms with Gasteiger partial charge in [-0.1, -0.05) is 30.5 Å². The van der Waals surface area contributed by atoms with E-state index < -0.39 is 5.54 Å². The van der Waals surface area contributed by atoms with Gasteiger partial charge in [-0.05, 0) is 38.0 Å². The molecule has 2 aromatic rings. The Balaban J connectivity index is 1.55. The molecule has 1 aromatic carbocycles. The van der Waals surface area contributed by atoms with Crippen LogP contribution in [0.15, 0.2) is 48.2 Å². The highest BCUT2D eigenvalue weighted by Gasteiger charge is 2.66. The molecule has 1 aliphatic carbocycles. The maximum Gasteiger partial charge on any atom is 0.232 e. The molecule has 9 heteroatoms. The predicted octanol–water partition coefficient (Wildman–Crippen LogP) is 3.68. The van der Waals surface area contributed by atoms with E-state index in [1.54, 1.807) is 25.3 Å². The number of carbonyl (C=O) groups is 1. The number of rotatable bonds is 9. The standard InChI is InChI=1S/C24H27FN4O3S/c1-5-14(2)32-21-12-27-18(11-28-21)19(30)9-15-6-7-17(25)16(8-15)23(3)20-10-24(20,13-31-4)33-22(26)29-23/h5-8,11-12,14,20H,1,9-10,13H2,2-4H3,(H2,26,29)/t14?,20-,23+,24+/m0/s1. The zero-order valence-corrected chi connectivity index (χ0v) is 19.7. The summed E-state index contributed by atoms with van der Waals surface area (Å²) in [5, 5.41) is 0.424. The molecule has 1 saturated carbocycles. The van der Waals surface area contributed by atoms with Crippen molar-refractivity contribution in [1.82, 2.24) is 9.97 Å². The van der Waals surface area contributed by atoms with Gasteiger partial charge in [0.1, 0.15) is 17.6 Å². The number of ether oxygens (including phenoxy) is 2. The molecule has 7 nitrogen and oxygen atoms in total. The maximum absolute atomic E-state index is 15.0. The Labute approximate surface area is 196 Å². The van der Waals surface area contributed by atoms with Crippen molar-refractivity contribution in [3.63, 3.8) is 0 Å². The lowest BCUT2D eigenvalue weighted by atomic mass is 9.84. The van der Waals surface area contributed by atoms with Crippen LogP contribution in [0.4, 0.5) is 4.39 Å². The molecule has 0 bridgehead atoms. The molecule has 1 unspecified atom stereocenters. The molecular formula is C24H27FN4O3S. The summed E-state index contributed by atoms with van der Waals surface area (Å²) in [4.78, 5) is 25.7. The van der Waals surface area contributed by atoms with Crippen molar-refractivity contribution in [2.45, 2.75) is 43.1 Å². The van der Waals surface area contributed by atoms with Crippen molar-refractivity contribution < 1.29 is 18.7 Å². The van der Waals surface area contributed by atoms with Gasteiger partial charge >= 0.3 is 0 Å². The highest BCUT2D eigenvalue weighted by molar-refractivity contribution is 8.15. The third-order valence-electron chi connectivity index (χ3n) is 6.24. The lowest BCUT2D eigenvalue weighted by Gasteiger charge is -2.34. The highest BCUT2D eigenvalue weighted by atomic mass is 32.2. The van der Waals surface area contributed by atoms with E-state index in [0.717, 1.165) is 6.42 Å². The van der Waals surface area contributed by atoms with E-state index in [9.17, 15) is 9.18 Å². The minimum absolute atomic E-state index is 0.0587. The molecule has 1 fully saturated rings. The predicted molar refractivity (Wildman–Crippen MR) is 126 cm³/mol. The third kappa shape index (κ3) is 4.52. The fraction of sp³-hybridized carbons (Fsp3) is 0.417. The Hall–Kier alpha value is -2.78. The minimum atomic E-state index is -0.822. The van der Waals surface area contributed by atoms with Crippen LogP contribution in [0.5, 0.6) is 5.88 Å². The van der Waals surface area contributed by atoms with E-state index >= 15 is 0 Å². The molecule has 2 N–H and O–H groups in total. The van der Waals surface area contributed by atoms with E-state index in [-0.39, 0.29) is 40.5 Å². The van der Waals surface area contributed by atoms with Gasteiger partial charge in [-0.3, -0.25) is 9.79 Å². The number of amidine groups is 1. The number of ketones is 1. The Kier molecular flexibility index (Phi) is 6.28. The Morgan fingerprint density at radius 3 is 2.88 bits per heavy atom. The van der Waals surface area contributed by atoms with Crippen LogP contribution in [0.2, 0.25) is 0 Å². The first-order valence-corrected chi connectivity index (χ1v) is 11.5. The summed E-state index contributed by atoms with van der Waals surface area (Å²) in [5.41, 5.74) is 6.62. The first kappa shape index (κ1) is 23.4. The molecule has 174 valence electrons. The second kappa shape index (κ2) is 8.87. The lowest BCUT2D eigenvalue weighted by Crippen LogP contribution is -2.37. The van der Waals surface area contributed by atoms with Crippen LogP contribution in [-0.4, -0.2) is 45.5 Å². The summed E-state index contributed by atoms with van der Waals surface area (Å²) < 4.78 is 25.7. The van der Waals surface area contributed by atoms with Gasteiger partial charge in [0, 0.05) is 25.0 Å². The fourth-order valence-electron chi connectivity index (χ4n) is 4.44. The van der Waals surface area contributed by atoms with Crippen LogP contribution in [0.3, 0.4) is 0 Å². The number of aromatic nitrogens is 2. The number of carbonyl (C=O) groups excluding carboxylic acids is 1. The monoisotopic (exact) mass is 470 g/mol. The third-order valence-corrected chi connectivity index (χ3v) is 7.51. The largest absolute Gasteiger partial charge is 0.469 e. The van der Waals surface area contributed by atoms with Crippen LogP contribution in [-0.2, 0) is 16.7 Å². The molecule has 2 heterocycles. The molecule has 0 saturated heterocycles. The van der Waals surface area contributed by atoms with E-state index in [1.807, 2.05) is 13.8 Å². The van der Waals surface area contributed by atoms with E-state index in [0.29, 0.717) is 28.8 Å². The molecule has 33 heavy (non-hydrogen) atoms. The highest BCUT2D eigenvalue weighted by Crippen LogP contribution is 2.65. The summed E-state index contributed by atoms with van der Waals surface area (Å²) in [6.45, 7) is 7.90. The van der Waals surface area contributed by atoms with Gasteiger partial charge in [0.15, 0.2) is 11.0 Å². The summed E-state index contributed by atoms with van der Waals surface area (Å²) >= 11 is 1.50. The van der Waals surface area contributed by atoms with Crippen LogP contribution in [0.25, 0.3) is 0 Å². The number of thioether (sulfide) groups is 1. The smallest absolute Gasteiger partial charge is 0.232 e. The average molecular weight is 471 g/mol. The number of hydrogen-bond acceptors (Lipinski definition) is 8. The molecule has 1 aromatic heterocycles. The van der Waals surface area contributed by atoms with Crippen molar-refractivity contribution >= 4 is 22.7 Å². The van der Waals surface area contributed by atoms with Crippen molar-refractivity contribution in [1.29, 1.82) is 0 Å². The van der Waals surface area contributed by atoms with Gasteiger partial charge in [-0.2, -0.15) is 0 Å². The number of nitrogens with zero attached hydrogens (tertiary/aromatic N) is 3. The van der Waals surface area contributed by atoms with Crippen LogP contribution < -0.4 is 10.5 Å². The van der Waals surface area contributed by atoms with Gasteiger partial charge in [0.25, 0.3) is 0 Å². The molecule has 0 amide bonds. The van der Waals surface area contributed by atoms with Gasteiger partial charge < -0.3 is 15.2 Å². The number of benzene rings is 1. The zero-order chi connectivity index (χ0) is 23.8. The van der Waals surface area contributed by atoms with Gasteiger partial charge in [0.2, 0.25) is 5.88 Å². The van der Waals surface area contributed by atoms with Crippen molar-refractivity contribution in [2.75, 3.05) is 13.7 Å². The van der Waals surface area contributed by atoms with Crippen molar-refractivity contribution in [3.05, 3.63) is 65.9 Å². The van der Waals surface area contributed by atoms with Gasteiger partial charge in [0.05, 0.1) is 29.3 Å². The van der Waals surface area contributed by atoms with E-state index in [4.69, 9.17) is 15.2 Å². The zero-order valence-electron chi connectivity index (χ0n) is 18.9. The van der Waals surface area contributed by atoms with Crippen molar-refractivity contribution in [2.24, 2.45) is 16.6 Å².